The smallest absolute Gasteiger partial charge is 0.244 e. The highest BCUT2D eigenvalue weighted by molar-refractivity contribution is 7.89. The van der Waals surface area contributed by atoms with Gasteiger partial charge in [-0.15, -0.1) is 0 Å². The average Bonchev–Trinajstić information content (AvgIpc) is 3.09. The van der Waals surface area contributed by atoms with E-state index in [1.165, 1.54) is 11.6 Å². The topological polar surface area (TPSA) is 103 Å². The lowest BCUT2D eigenvalue weighted by Gasteiger charge is -2.24. The summed E-state index contributed by atoms with van der Waals surface area (Å²) in [5, 5.41) is 14.9. The predicted octanol–water partition coefficient (Wildman–Crippen LogP) is 0.952. The molecule has 136 valence electrons. The Labute approximate surface area is 146 Å². The number of nitrogens with one attached hydrogen (secondary N) is 1. The van der Waals surface area contributed by atoms with Crippen LogP contribution in [0.3, 0.4) is 0 Å². The van der Waals surface area contributed by atoms with Crippen LogP contribution in [0, 0.1) is 13.8 Å². The number of hydrogen-bond acceptors (Lipinski definition) is 6. The van der Waals surface area contributed by atoms with Gasteiger partial charge in [0.15, 0.2) is 11.5 Å². The second-order valence-corrected chi connectivity index (χ2v) is 7.99. The van der Waals surface area contributed by atoms with E-state index in [0.717, 1.165) is 0 Å². The first kappa shape index (κ1) is 17.7. The number of aliphatic hydroxyl groups is 1. The maximum absolute atomic E-state index is 12.6. The molecule has 0 fully saturated rings. The molecule has 0 aliphatic carbocycles. The quantitative estimate of drug-likeness (QED) is 0.816. The second kappa shape index (κ2) is 6.01. The average molecular weight is 367 g/mol. The van der Waals surface area contributed by atoms with E-state index in [1.54, 1.807) is 39.1 Å². The standard InChI is InChI=1S/C16H21N3O5S/c1-10-15(11(2)19(4)18-10)25(21,22)17-8-16(3,20)12-5-6-13-14(7-12)24-9-23-13/h5-7,17,20H,8-9H2,1-4H3/t16-/m0/s1. The third-order valence-electron chi connectivity index (χ3n) is 4.31. The Bertz CT molecular complexity index is 918. The van der Waals surface area contributed by atoms with Crippen molar-refractivity contribution < 1.29 is 23.0 Å². The number of sulfonamides is 1. The highest BCUT2D eigenvalue weighted by Crippen LogP contribution is 2.35. The molecule has 25 heavy (non-hydrogen) atoms. The van der Waals surface area contributed by atoms with E-state index in [-0.39, 0.29) is 18.2 Å². The van der Waals surface area contributed by atoms with Crippen LogP contribution in [0.1, 0.15) is 23.9 Å². The predicted molar refractivity (Wildman–Crippen MR) is 90.0 cm³/mol. The van der Waals surface area contributed by atoms with Crippen LogP contribution in [-0.4, -0.2) is 36.6 Å². The molecule has 0 saturated heterocycles. The molecule has 1 aromatic carbocycles. The Balaban J connectivity index is 1.82. The van der Waals surface area contributed by atoms with Crippen LogP contribution in [-0.2, 0) is 22.7 Å². The Hall–Kier alpha value is -2.10. The number of ether oxygens (including phenoxy) is 2. The minimum absolute atomic E-state index is 0.132. The maximum Gasteiger partial charge on any atom is 0.244 e. The van der Waals surface area contributed by atoms with Crippen molar-refractivity contribution in [2.24, 2.45) is 7.05 Å². The van der Waals surface area contributed by atoms with Crippen molar-refractivity contribution in [3.8, 4) is 11.5 Å². The summed E-state index contributed by atoms with van der Waals surface area (Å²) < 4.78 is 39.8. The number of hydrogen-bond donors (Lipinski definition) is 2. The van der Waals surface area contributed by atoms with E-state index in [1.807, 2.05) is 0 Å². The van der Waals surface area contributed by atoms with E-state index < -0.39 is 15.6 Å². The summed E-state index contributed by atoms with van der Waals surface area (Å²) in [6.07, 6.45) is 0. The van der Waals surface area contributed by atoms with Gasteiger partial charge in [-0.25, -0.2) is 13.1 Å². The molecule has 9 heteroatoms. The van der Waals surface area contributed by atoms with Crippen LogP contribution in [0.2, 0.25) is 0 Å². The molecular formula is C16H21N3O5S. The lowest BCUT2D eigenvalue weighted by Crippen LogP contribution is -2.38. The summed E-state index contributed by atoms with van der Waals surface area (Å²) in [4.78, 5) is 0.136. The Kier molecular flexibility index (Phi) is 4.26. The van der Waals surface area contributed by atoms with Crippen LogP contribution >= 0.6 is 0 Å². The molecule has 2 aromatic rings. The van der Waals surface area contributed by atoms with Crippen molar-refractivity contribution in [2.75, 3.05) is 13.3 Å². The van der Waals surface area contributed by atoms with Crippen LogP contribution in [0.4, 0.5) is 0 Å². The minimum Gasteiger partial charge on any atom is -0.454 e. The molecule has 1 atom stereocenters. The Morgan fingerprint density at radius 1 is 1.32 bits per heavy atom. The van der Waals surface area contributed by atoms with Crippen molar-refractivity contribution in [1.82, 2.24) is 14.5 Å². The molecule has 0 bridgehead atoms. The highest BCUT2D eigenvalue weighted by Gasteiger charge is 2.30. The van der Waals surface area contributed by atoms with Gasteiger partial charge in [-0.3, -0.25) is 4.68 Å². The number of aromatic nitrogens is 2. The molecule has 1 aliphatic heterocycles. The van der Waals surface area contributed by atoms with Crippen LogP contribution < -0.4 is 14.2 Å². The number of nitrogens with zero attached hydrogens (tertiary/aromatic N) is 2. The number of rotatable bonds is 5. The molecule has 0 amide bonds. The van der Waals surface area contributed by atoms with Gasteiger partial charge in [0.05, 0.1) is 11.4 Å². The summed E-state index contributed by atoms with van der Waals surface area (Å²) in [5.41, 5.74) is 0.0555. The lowest BCUT2D eigenvalue weighted by molar-refractivity contribution is 0.0625. The van der Waals surface area contributed by atoms with Gasteiger partial charge >= 0.3 is 0 Å². The summed E-state index contributed by atoms with van der Waals surface area (Å²) >= 11 is 0. The van der Waals surface area contributed by atoms with Gasteiger partial charge in [0, 0.05) is 13.6 Å². The summed E-state index contributed by atoms with van der Waals surface area (Å²) in [5.74, 6) is 1.13. The summed E-state index contributed by atoms with van der Waals surface area (Å²) in [6.45, 7) is 4.80. The molecule has 1 aromatic heterocycles. The van der Waals surface area contributed by atoms with Gasteiger partial charge in [-0.05, 0) is 38.5 Å². The Morgan fingerprint density at radius 3 is 2.64 bits per heavy atom. The van der Waals surface area contributed by atoms with E-state index in [9.17, 15) is 13.5 Å². The molecule has 2 N–H and O–H groups in total. The maximum atomic E-state index is 12.6. The number of benzene rings is 1. The largest absolute Gasteiger partial charge is 0.454 e. The van der Waals surface area contributed by atoms with Gasteiger partial charge < -0.3 is 14.6 Å². The van der Waals surface area contributed by atoms with Gasteiger partial charge in [0.25, 0.3) is 0 Å². The van der Waals surface area contributed by atoms with Crippen molar-refractivity contribution in [3.05, 3.63) is 35.2 Å². The molecule has 0 unspecified atom stereocenters. The molecule has 0 spiro atoms. The zero-order valence-corrected chi connectivity index (χ0v) is 15.3. The second-order valence-electron chi connectivity index (χ2n) is 6.29. The van der Waals surface area contributed by atoms with Gasteiger partial charge in [0.1, 0.15) is 10.5 Å². The van der Waals surface area contributed by atoms with Gasteiger partial charge in [0.2, 0.25) is 16.8 Å². The molecule has 8 nitrogen and oxygen atoms in total. The first-order valence-corrected chi connectivity index (χ1v) is 9.22. The van der Waals surface area contributed by atoms with E-state index in [0.29, 0.717) is 28.5 Å². The molecule has 2 heterocycles. The van der Waals surface area contributed by atoms with Crippen LogP contribution in [0.5, 0.6) is 11.5 Å². The zero-order chi connectivity index (χ0) is 18.4. The lowest BCUT2D eigenvalue weighted by atomic mass is 9.96. The molecule has 0 radical (unpaired) electrons. The first-order valence-electron chi connectivity index (χ1n) is 7.74. The molecule has 3 rings (SSSR count). The van der Waals surface area contributed by atoms with Crippen LogP contribution in [0.15, 0.2) is 23.1 Å². The van der Waals surface area contributed by atoms with Crippen molar-refractivity contribution in [3.63, 3.8) is 0 Å². The van der Waals surface area contributed by atoms with Crippen LogP contribution in [0.25, 0.3) is 0 Å². The fourth-order valence-corrected chi connectivity index (χ4v) is 4.35. The van der Waals surface area contributed by atoms with Crippen molar-refractivity contribution in [2.45, 2.75) is 31.3 Å². The fraction of sp³-hybridized carbons (Fsp3) is 0.438. The third-order valence-corrected chi connectivity index (χ3v) is 5.96. The summed E-state index contributed by atoms with van der Waals surface area (Å²) in [7, 11) is -2.12. The van der Waals surface area contributed by atoms with Gasteiger partial charge in [-0.1, -0.05) is 6.07 Å². The van der Waals surface area contributed by atoms with E-state index >= 15 is 0 Å². The monoisotopic (exact) mass is 367 g/mol. The number of fused-ring (bicyclic) bond motifs is 1. The fourth-order valence-electron chi connectivity index (χ4n) is 2.78. The normalized spacial score (nSPS) is 16.0. The SMILES string of the molecule is Cc1nn(C)c(C)c1S(=O)(=O)NC[C@](C)(O)c1ccc2c(c1)OCO2. The zero-order valence-electron chi connectivity index (χ0n) is 14.5. The van der Waals surface area contributed by atoms with Crippen molar-refractivity contribution >= 4 is 10.0 Å². The highest BCUT2D eigenvalue weighted by atomic mass is 32.2. The Morgan fingerprint density at radius 2 is 2.00 bits per heavy atom. The third kappa shape index (κ3) is 3.22. The van der Waals surface area contributed by atoms with Crippen molar-refractivity contribution in [1.29, 1.82) is 0 Å². The van der Waals surface area contributed by atoms with E-state index in [4.69, 9.17) is 9.47 Å². The molecule has 0 saturated carbocycles. The minimum atomic E-state index is -3.80. The number of aryl methyl sites for hydroxylation is 2. The molecule has 1 aliphatic rings. The van der Waals surface area contributed by atoms with E-state index in [2.05, 4.69) is 9.82 Å². The first-order chi connectivity index (χ1) is 11.6. The molecular weight excluding hydrogens is 346 g/mol. The van der Waals surface area contributed by atoms with Gasteiger partial charge in [-0.2, -0.15) is 5.10 Å². The summed E-state index contributed by atoms with van der Waals surface area (Å²) in [6, 6.07) is 5.02.